The molecular formula is C22H26N2O5. The summed E-state index contributed by atoms with van der Waals surface area (Å²) in [5.74, 6) is -2.70. The number of carbonyl (C=O) groups excluding carboxylic acids is 1. The van der Waals surface area contributed by atoms with Gasteiger partial charge in [0.25, 0.3) is 0 Å². The molecule has 2 aromatic rings. The largest absolute Gasteiger partial charge is 0.481 e. The maximum Gasteiger partial charge on any atom is 0.323 e. The van der Waals surface area contributed by atoms with Gasteiger partial charge in [0.1, 0.15) is 6.54 Å². The predicted molar refractivity (Wildman–Crippen MR) is 110 cm³/mol. The van der Waals surface area contributed by atoms with Crippen LogP contribution in [0.1, 0.15) is 25.3 Å². The summed E-state index contributed by atoms with van der Waals surface area (Å²) in [6.45, 7) is 1.09. The van der Waals surface area contributed by atoms with Gasteiger partial charge in [0, 0.05) is 6.04 Å². The second kappa shape index (κ2) is 10.8. The van der Waals surface area contributed by atoms with Gasteiger partial charge >= 0.3 is 18.0 Å². The van der Waals surface area contributed by atoms with E-state index in [1.807, 2.05) is 54.6 Å². The van der Waals surface area contributed by atoms with E-state index >= 15 is 0 Å². The molecule has 2 aromatic carbocycles. The van der Waals surface area contributed by atoms with Gasteiger partial charge in [-0.2, -0.15) is 0 Å². The summed E-state index contributed by atoms with van der Waals surface area (Å²) in [4.78, 5) is 33.6. The van der Waals surface area contributed by atoms with Crippen LogP contribution in [0.3, 0.4) is 0 Å². The van der Waals surface area contributed by atoms with Crippen LogP contribution < -0.4 is 10.6 Å². The molecule has 0 saturated heterocycles. The molecule has 7 heteroatoms. The number of urea groups is 1. The minimum Gasteiger partial charge on any atom is -0.481 e. The average Bonchev–Trinajstić information content (AvgIpc) is 2.71. The fourth-order valence-electron chi connectivity index (χ4n) is 3.00. The van der Waals surface area contributed by atoms with E-state index in [1.165, 1.54) is 0 Å². The molecule has 0 unspecified atom stereocenters. The van der Waals surface area contributed by atoms with Crippen molar-refractivity contribution in [1.82, 2.24) is 10.6 Å². The normalized spacial score (nSPS) is 12.6. The van der Waals surface area contributed by atoms with Gasteiger partial charge < -0.3 is 20.8 Å². The Hall–Kier alpha value is -3.35. The van der Waals surface area contributed by atoms with E-state index in [1.54, 1.807) is 6.92 Å². The van der Waals surface area contributed by atoms with Crippen molar-refractivity contribution in [2.45, 2.75) is 32.2 Å². The zero-order chi connectivity index (χ0) is 21.2. The number of nitrogens with one attached hydrogen (secondary N) is 2. The zero-order valence-electron chi connectivity index (χ0n) is 16.3. The lowest BCUT2D eigenvalue weighted by Crippen LogP contribution is -2.45. The lowest BCUT2D eigenvalue weighted by molar-refractivity contribution is -0.141. The van der Waals surface area contributed by atoms with Crippen LogP contribution >= 0.6 is 0 Å². The Morgan fingerprint density at radius 1 is 0.931 bits per heavy atom. The molecule has 0 aliphatic heterocycles. The van der Waals surface area contributed by atoms with E-state index in [4.69, 9.17) is 10.2 Å². The highest BCUT2D eigenvalue weighted by Crippen LogP contribution is 2.20. The van der Waals surface area contributed by atoms with E-state index in [2.05, 4.69) is 10.6 Å². The molecule has 4 N–H and O–H groups in total. The van der Waals surface area contributed by atoms with Crippen LogP contribution in [-0.4, -0.2) is 40.8 Å². The topological polar surface area (TPSA) is 116 Å². The van der Waals surface area contributed by atoms with Gasteiger partial charge in [-0.1, -0.05) is 61.5 Å². The first-order chi connectivity index (χ1) is 13.8. The van der Waals surface area contributed by atoms with Crippen molar-refractivity contribution in [2.24, 2.45) is 5.92 Å². The second-order valence-corrected chi connectivity index (χ2v) is 6.99. The number of benzene rings is 2. The maximum atomic E-state index is 11.9. The molecule has 0 heterocycles. The third-order valence-corrected chi connectivity index (χ3v) is 4.64. The van der Waals surface area contributed by atoms with Crippen molar-refractivity contribution >= 4 is 18.0 Å². The number of hydrogen-bond acceptors (Lipinski definition) is 3. The Bertz CT molecular complexity index is 821. The average molecular weight is 398 g/mol. The molecule has 29 heavy (non-hydrogen) atoms. The number of aryl methyl sites for hydroxylation is 1. The molecule has 0 aromatic heterocycles. The van der Waals surface area contributed by atoms with Gasteiger partial charge in [0.2, 0.25) is 0 Å². The number of carboxylic acids is 2. The Kier molecular flexibility index (Phi) is 8.21. The number of carbonyl (C=O) groups is 3. The van der Waals surface area contributed by atoms with Crippen molar-refractivity contribution in [3.63, 3.8) is 0 Å². The summed E-state index contributed by atoms with van der Waals surface area (Å²) in [6, 6.07) is 17.1. The number of rotatable bonds is 10. The highest BCUT2D eigenvalue weighted by Gasteiger charge is 2.20. The van der Waals surface area contributed by atoms with Crippen LogP contribution in [0, 0.1) is 5.92 Å². The summed E-state index contributed by atoms with van der Waals surface area (Å²) in [5, 5.41) is 22.7. The monoisotopic (exact) mass is 398 g/mol. The third kappa shape index (κ3) is 7.65. The fourth-order valence-corrected chi connectivity index (χ4v) is 3.00. The Labute approximate surface area is 169 Å². The minimum absolute atomic E-state index is 0.262. The lowest BCUT2D eigenvalue weighted by Gasteiger charge is -2.21. The van der Waals surface area contributed by atoms with E-state index in [-0.39, 0.29) is 12.5 Å². The highest BCUT2D eigenvalue weighted by atomic mass is 16.4. The number of carboxylic acid groups (broad SMARTS) is 2. The Balaban J connectivity index is 1.97. The fraction of sp³-hybridized carbons (Fsp3) is 0.318. The third-order valence-electron chi connectivity index (χ3n) is 4.64. The molecule has 154 valence electrons. The lowest BCUT2D eigenvalue weighted by atomic mass is 9.95. The molecule has 0 aliphatic carbocycles. The summed E-state index contributed by atoms with van der Waals surface area (Å²) in [7, 11) is 0. The van der Waals surface area contributed by atoms with Crippen molar-refractivity contribution in [3.05, 3.63) is 60.2 Å². The summed E-state index contributed by atoms with van der Waals surface area (Å²) >= 11 is 0. The van der Waals surface area contributed by atoms with Gasteiger partial charge in [-0.3, -0.25) is 9.59 Å². The molecule has 0 spiro atoms. The Morgan fingerprint density at radius 2 is 1.55 bits per heavy atom. The number of aliphatic carboxylic acids is 2. The van der Waals surface area contributed by atoms with Crippen LogP contribution in [-0.2, 0) is 16.0 Å². The van der Waals surface area contributed by atoms with E-state index in [0.29, 0.717) is 12.8 Å². The van der Waals surface area contributed by atoms with Crippen LogP contribution in [0.2, 0.25) is 0 Å². The van der Waals surface area contributed by atoms with E-state index in [9.17, 15) is 14.4 Å². The maximum absolute atomic E-state index is 11.9. The number of hydrogen-bond donors (Lipinski definition) is 4. The first kappa shape index (κ1) is 21.9. The molecule has 0 aliphatic rings. The summed E-state index contributed by atoms with van der Waals surface area (Å²) in [6.07, 6.45) is 1.46. The second-order valence-electron chi connectivity index (χ2n) is 6.99. The highest BCUT2D eigenvalue weighted by molar-refractivity contribution is 5.80. The smallest absolute Gasteiger partial charge is 0.323 e. The molecule has 2 atom stereocenters. The molecule has 0 fully saturated rings. The van der Waals surface area contributed by atoms with Crippen LogP contribution in [0.25, 0.3) is 11.1 Å². The Morgan fingerprint density at radius 3 is 2.14 bits per heavy atom. The molecule has 7 nitrogen and oxygen atoms in total. The quantitative estimate of drug-likeness (QED) is 0.491. The SMILES string of the molecule is C[C@H](C[C@@H](CCc1ccc(-c2ccccc2)cc1)NC(=O)NCC(=O)O)C(=O)O. The van der Waals surface area contributed by atoms with Gasteiger partial charge in [-0.25, -0.2) is 4.79 Å². The molecular weight excluding hydrogens is 372 g/mol. The van der Waals surface area contributed by atoms with Crippen molar-refractivity contribution in [3.8, 4) is 11.1 Å². The standard InChI is InChI=1S/C22H26N2O5/c1-15(21(27)28)13-19(24-22(29)23-14-20(25)26)12-9-16-7-10-18(11-8-16)17-5-3-2-4-6-17/h2-8,10-11,15,19H,9,12-14H2,1H3,(H,25,26)(H,27,28)(H2,23,24,29)/t15-,19-/m1/s1. The zero-order valence-corrected chi connectivity index (χ0v) is 16.3. The molecule has 0 radical (unpaired) electrons. The van der Waals surface area contributed by atoms with E-state index < -0.39 is 30.4 Å². The van der Waals surface area contributed by atoms with Crippen LogP contribution in [0.5, 0.6) is 0 Å². The van der Waals surface area contributed by atoms with Gasteiger partial charge in [-0.05, 0) is 36.0 Å². The summed E-state index contributed by atoms with van der Waals surface area (Å²) < 4.78 is 0. The van der Waals surface area contributed by atoms with Crippen molar-refractivity contribution < 1.29 is 24.6 Å². The molecule has 0 bridgehead atoms. The first-order valence-corrected chi connectivity index (χ1v) is 9.48. The molecule has 2 amide bonds. The van der Waals surface area contributed by atoms with Crippen molar-refractivity contribution in [2.75, 3.05) is 6.54 Å². The predicted octanol–water partition coefficient (Wildman–Crippen LogP) is 3.15. The van der Waals surface area contributed by atoms with Gasteiger partial charge in [-0.15, -0.1) is 0 Å². The number of amides is 2. The van der Waals surface area contributed by atoms with Crippen LogP contribution in [0.15, 0.2) is 54.6 Å². The van der Waals surface area contributed by atoms with E-state index in [0.717, 1.165) is 16.7 Å². The van der Waals surface area contributed by atoms with Gasteiger partial charge in [0.15, 0.2) is 0 Å². The van der Waals surface area contributed by atoms with Crippen LogP contribution in [0.4, 0.5) is 4.79 Å². The molecule has 0 saturated carbocycles. The minimum atomic E-state index is -1.14. The van der Waals surface area contributed by atoms with Gasteiger partial charge in [0.05, 0.1) is 5.92 Å². The van der Waals surface area contributed by atoms with Crippen molar-refractivity contribution in [1.29, 1.82) is 0 Å². The molecule has 2 rings (SSSR count). The summed E-state index contributed by atoms with van der Waals surface area (Å²) in [5.41, 5.74) is 3.31. The first-order valence-electron chi connectivity index (χ1n) is 9.48.